The lowest BCUT2D eigenvalue weighted by atomic mass is 9.98. The summed E-state index contributed by atoms with van der Waals surface area (Å²) in [5.74, 6) is 1.44. The minimum absolute atomic E-state index is 0.0234. The van der Waals surface area contributed by atoms with Crippen LogP contribution in [0.1, 0.15) is 25.0 Å². The zero-order chi connectivity index (χ0) is 14.5. The second kappa shape index (κ2) is 6.58. The van der Waals surface area contributed by atoms with E-state index in [2.05, 4.69) is 38.1 Å². The summed E-state index contributed by atoms with van der Waals surface area (Å²) in [6.45, 7) is 4.47. The van der Waals surface area contributed by atoms with Crippen molar-refractivity contribution in [3.8, 4) is 16.9 Å². The Morgan fingerprint density at radius 3 is 2.20 bits per heavy atom. The molecule has 2 heteroatoms. The van der Waals surface area contributed by atoms with Crippen LogP contribution in [0.3, 0.4) is 0 Å². The number of hydrogen-bond acceptors (Lipinski definition) is 2. The molecule has 106 valence electrons. The predicted octanol–water partition coefficient (Wildman–Crippen LogP) is 4.05. The third kappa shape index (κ3) is 3.61. The summed E-state index contributed by atoms with van der Waals surface area (Å²) in [4.78, 5) is 0. The topological polar surface area (TPSA) is 29.5 Å². The van der Waals surface area contributed by atoms with Crippen LogP contribution in [0.2, 0.25) is 0 Å². The second-order valence-corrected chi connectivity index (χ2v) is 5.52. The van der Waals surface area contributed by atoms with Crippen molar-refractivity contribution in [1.29, 1.82) is 0 Å². The first-order chi connectivity index (χ1) is 9.62. The van der Waals surface area contributed by atoms with Gasteiger partial charge in [-0.1, -0.05) is 38.1 Å². The van der Waals surface area contributed by atoms with E-state index in [1.807, 2.05) is 18.2 Å². The fraction of sp³-hybridized carbons (Fsp3) is 0.333. The van der Waals surface area contributed by atoms with Gasteiger partial charge in [0.15, 0.2) is 0 Å². The Balaban J connectivity index is 2.31. The van der Waals surface area contributed by atoms with Gasteiger partial charge in [-0.3, -0.25) is 0 Å². The lowest BCUT2D eigenvalue weighted by molar-refractivity contribution is 0.281. The van der Waals surface area contributed by atoms with E-state index < -0.39 is 0 Å². The molecule has 0 unspecified atom stereocenters. The number of methoxy groups -OCH3 is 1. The van der Waals surface area contributed by atoms with Crippen LogP contribution in [0.4, 0.5) is 0 Å². The van der Waals surface area contributed by atoms with Gasteiger partial charge in [0, 0.05) is 0 Å². The highest BCUT2D eigenvalue weighted by Crippen LogP contribution is 2.26. The van der Waals surface area contributed by atoms with E-state index in [-0.39, 0.29) is 6.61 Å². The molecule has 0 saturated heterocycles. The summed E-state index contributed by atoms with van der Waals surface area (Å²) in [7, 11) is 1.64. The van der Waals surface area contributed by atoms with Crippen molar-refractivity contribution in [2.24, 2.45) is 5.92 Å². The smallest absolute Gasteiger partial charge is 0.119 e. The molecule has 2 nitrogen and oxygen atoms in total. The molecular weight excluding hydrogens is 248 g/mol. The number of aliphatic hydroxyl groups excluding tert-OH is 1. The fourth-order valence-corrected chi connectivity index (χ4v) is 2.34. The van der Waals surface area contributed by atoms with Gasteiger partial charge < -0.3 is 9.84 Å². The van der Waals surface area contributed by atoms with Crippen LogP contribution in [-0.4, -0.2) is 12.2 Å². The molecule has 0 aromatic heterocycles. The van der Waals surface area contributed by atoms with E-state index in [4.69, 9.17) is 4.74 Å². The molecule has 20 heavy (non-hydrogen) atoms. The minimum Gasteiger partial charge on any atom is -0.497 e. The van der Waals surface area contributed by atoms with E-state index in [0.717, 1.165) is 28.9 Å². The Morgan fingerprint density at radius 2 is 1.65 bits per heavy atom. The van der Waals surface area contributed by atoms with Crippen LogP contribution in [0, 0.1) is 5.92 Å². The highest BCUT2D eigenvalue weighted by atomic mass is 16.5. The maximum absolute atomic E-state index is 9.32. The number of aliphatic hydroxyl groups is 1. The van der Waals surface area contributed by atoms with Gasteiger partial charge in [0.1, 0.15) is 5.75 Å². The van der Waals surface area contributed by atoms with Gasteiger partial charge in [-0.2, -0.15) is 0 Å². The van der Waals surface area contributed by atoms with Crippen LogP contribution >= 0.6 is 0 Å². The van der Waals surface area contributed by atoms with Crippen LogP contribution in [0.5, 0.6) is 5.75 Å². The molecule has 0 saturated carbocycles. The molecule has 0 spiro atoms. The Hall–Kier alpha value is -1.80. The van der Waals surface area contributed by atoms with Crippen molar-refractivity contribution in [3.05, 3.63) is 53.6 Å². The molecule has 0 heterocycles. The lowest BCUT2D eigenvalue weighted by Crippen LogP contribution is -1.94. The van der Waals surface area contributed by atoms with E-state index in [1.54, 1.807) is 7.11 Å². The molecule has 0 aliphatic carbocycles. The van der Waals surface area contributed by atoms with Gasteiger partial charge in [0.05, 0.1) is 13.7 Å². The molecule has 0 fully saturated rings. The molecule has 2 aromatic rings. The molecule has 2 aromatic carbocycles. The van der Waals surface area contributed by atoms with Crippen LogP contribution in [0.25, 0.3) is 11.1 Å². The summed E-state index contributed by atoms with van der Waals surface area (Å²) in [6.07, 6.45) is 1.10. The Bertz CT molecular complexity index is 534. The first-order valence-electron chi connectivity index (χ1n) is 7.00. The average molecular weight is 270 g/mol. The van der Waals surface area contributed by atoms with Gasteiger partial charge in [0.2, 0.25) is 0 Å². The maximum Gasteiger partial charge on any atom is 0.119 e. The third-order valence-electron chi connectivity index (χ3n) is 3.32. The Morgan fingerprint density at radius 1 is 0.950 bits per heavy atom. The number of hydrogen-bond donors (Lipinski definition) is 1. The highest BCUT2D eigenvalue weighted by Gasteiger charge is 2.04. The first-order valence-corrected chi connectivity index (χ1v) is 7.00. The predicted molar refractivity (Wildman–Crippen MR) is 82.9 cm³/mol. The quantitative estimate of drug-likeness (QED) is 0.888. The largest absolute Gasteiger partial charge is 0.497 e. The normalized spacial score (nSPS) is 10.8. The fourth-order valence-electron chi connectivity index (χ4n) is 2.34. The summed E-state index contributed by atoms with van der Waals surface area (Å²) < 4.78 is 5.28. The number of ether oxygens (including phenoxy) is 1. The molecule has 0 amide bonds. The standard InChI is InChI=1S/C18H22O2/c1-13(2)8-14-4-6-16(7-5-14)17-9-15(12-19)10-18(11-17)20-3/h4-7,9-11,13,19H,8,12H2,1-3H3. The van der Waals surface area contributed by atoms with Crippen molar-refractivity contribution in [2.75, 3.05) is 7.11 Å². The maximum atomic E-state index is 9.32. The van der Waals surface area contributed by atoms with Crippen LogP contribution in [-0.2, 0) is 13.0 Å². The average Bonchev–Trinajstić information content (AvgIpc) is 2.46. The SMILES string of the molecule is COc1cc(CO)cc(-c2ccc(CC(C)C)cc2)c1. The van der Waals surface area contributed by atoms with Gasteiger partial charge in [0.25, 0.3) is 0 Å². The van der Waals surface area contributed by atoms with Gasteiger partial charge in [-0.25, -0.2) is 0 Å². The number of rotatable bonds is 5. The summed E-state index contributed by atoms with van der Waals surface area (Å²) in [6, 6.07) is 14.5. The van der Waals surface area contributed by atoms with Crippen molar-refractivity contribution in [2.45, 2.75) is 26.9 Å². The van der Waals surface area contributed by atoms with E-state index in [9.17, 15) is 5.11 Å². The summed E-state index contributed by atoms with van der Waals surface area (Å²) in [5.41, 5.74) is 4.44. The Kier molecular flexibility index (Phi) is 4.80. The molecule has 0 aliphatic heterocycles. The highest BCUT2D eigenvalue weighted by molar-refractivity contribution is 5.66. The molecule has 0 atom stereocenters. The van der Waals surface area contributed by atoms with Crippen LogP contribution < -0.4 is 4.74 Å². The van der Waals surface area contributed by atoms with Crippen molar-refractivity contribution >= 4 is 0 Å². The molecule has 2 rings (SSSR count). The lowest BCUT2D eigenvalue weighted by Gasteiger charge is -2.10. The zero-order valence-electron chi connectivity index (χ0n) is 12.4. The van der Waals surface area contributed by atoms with Crippen molar-refractivity contribution in [3.63, 3.8) is 0 Å². The van der Waals surface area contributed by atoms with Crippen molar-refractivity contribution < 1.29 is 9.84 Å². The Labute approximate surface area is 121 Å². The van der Waals surface area contributed by atoms with Crippen molar-refractivity contribution in [1.82, 2.24) is 0 Å². The second-order valence-electron chi connectivity index (χ2n) is 5.52. The zero-order valence-corrected chi connectivity index (χ0v) is 12.4. The molecule has 0 radical (unpaired) electrons. The molecular formula is C18H22O2. The van der Waals surface area contributed by atoms with Gasteiger partial charge in [-0.05, 0) is 52.8 Å². The first kappa shape index (κ1) is 14.6. The van der Waals surface area contributed by atoms with Crippen LogP contribution in [0.15, 0.2) is 42.5 Å². The van der Waals surface area contributed by atoms with E-state index >= 15 is 0 Å². The summed E-state index contributed by atoms with van der Waals surface area (Å²) in [5, 5.41) is 9.32. The monoisotopic (exact) mass is 270 g/mol. The van der Waals surface area contributed by atoms with E-state index in [1.165, 1.54) is 5.56 Å². The molecule has 1 N–H and O–H groups in total. The van der Waals surface area contributed by atoms with E-state index in [0.29, 0.717) is 5.92 Å². The minimum atomic E-state index is 0.0234. The molecule has 0 bridgehead atoms. The molecule has 0 aliphatic rings. The third-order valence-corrected chi connectivity index (χ3v) is 3.32. The van der Waals surface area contributed by atoms with Gasteiger partial charge >= 0.3 is 0 Å². The van der Waals surface area contributed by atoms with Gasteiger partial charge in [-0.15, -0.1) is 0 Å². The number of benzene rings is 2. The summed E-state index contributed by atoms with van der Waals surface area (Å²) >= 11 is 0.